The lowest BCUT2D eigenvalue weighted by molar-refractivity contribution is -0.134. The molecule has 0 aromatic heterocycles. The van der Waals surface area contributed by atoms with Crippen molar-refractivity contribution in [3.8, 4) is 0 Å². The Labute approximate surface area is 122 Å². The summed E-state index contributed by atoms with van der Waals surface area (Å²) >= 11 is 5.91. The van der Waals surface area contributed by atoms with E-state index in [2.05, 4.69) is 0 Å². The van der Waals surface area contributed by atoms with Crippen molar-refractivity contribution in [3.05, 3.63) is 28.8 Å². The van der Waals surface area contributed by atoms with Crippen LogP contribution < -0.4 is 5.73 Å². The molecule has 0 heterocycles. The fraction of sp³-hybridized carbons (Fsp3) is 0.429. The van der Waals surface area contributed by atoms with Crippen LogP contribution in [0.3, 0.4) is 0 Å². The maximum atomic E-state index is 11.9. The largest absolute Gasteiger partial charge is 0.452 e. The Kier molecular flexibility index (Phi) is 4.49. The van der Waals surface area contributed by atoms with E-state index in [-0.39, 0.29) is 23.1 Å². The maximum absolute atomic E-state index is 11.9. The summed E-state index contributed by atoms with van der Waals surface area (Å²) in [6, 6.07) is 4.84. The van der Waals surface area contributed by atoms with Gasteiger partial charge < -0.3 is 15.4 Å². The van der Waals surface area contributed by atoms with Crippen molar-refractivity contribution in [1.29, 1.82) is 0 Å². The number of nitrogens with two attached hydrogens (primary N) is 1. The second-order valence-electron chi connectivity index (χ2n) is 4.73. The van der Waals surface area contributed by atoms with Crippen molar-refractivity contribution in [2.45, 2.75) is 25.8 Å². The summed E-state index contributed by atoms with van der Waals surface area (Å²) in [4.78, 5) is 25.5. The van der Waals surface area contributed by atoms with Gasteiger partial charge in [0.1, 0.15) is 0 Å². The molecule has 20 heavy (non-hydrogen) atoms. The summed E-state index contributed by atoms with van der Waals surface area (Å²) in [5, 5.41) is 0.219. The molecule has 1 aliphatic carbocycles. The summed E-state index contributed by atoms with van der Waals surface area (Å²) in [5.74, 6) is -0.787. The molecule has 5 nitrogen and oxygen atoms in total. The Bertz CT molecular complexity index is 529. The Morgan fingerprint density at radius 2 is 2.15 bits per heavy atom. The van der Waals surface area contributed by atoms with Crippen LogP contribution in [0.1, 0.15) is 30.1 Å². The first-order valence-electron chi connectivity index (χ1n) is 6.54. The second-order valence-corrected chi connectivity index (χ2v) is 5.13. The molecular weight excluding hydrogens is 280 g/mol. The van der Waals surface area contributed by atoms with Crippen molar-refractivity contribution < 1.29 is 14.3 Å². The number of hydrogen-bond acceptors (Lipinski definition) is 4. The second kappa shape index (κ2) is 6.13. The summed E-state index contributed by atoms with van der Waals surface area (Å²) in [5.41, 5.74) is 6.23. The third kappa shape index (κ3) is 3.42. The van der Waals surface area contributed by atoms with Crippen LogP contribution in [0.5, 0.6) is 0 Å². The van der Waals surface area contributed by atoms with Gasteiger partial charge in [0.15, 0.2) is 6.61 Å². The third-order valence-electron chi connectivity index (χ3n) is 3.19. The van der Waals surface area contributed by atoms with Gasteiger partial charge in [-0.3, -0.25) is 4.79 Å². The van der Waals surface area contributed by atoms with E-state index >= 15 is 0 Å². The van der Waals surface area contributed by atoms with Gasteiger partial charge in [-0.25, -0.2) is 4.79 Å². The molecule has 1 aliphatic rings. The molecule has 0 atom stereocenters. The molecular formula is C14H17ClN2O3. The van der Waals surface area contributed by atoms with Gasteiger partial charge in [0.2, 0.25) is 0 Å². The topological polar surface area (TPSA) is 72.6 Å². The number of halogens is 1. The van der Waals surface area contributed by atoms with E-state index < -0.39 is 5.97 Å². The van der Waals surface area contributed by atoms with Crippen LogP contribution in [-0.2, 0) is 9.53 Å². The first-order chi connectivity index (χ1) is 9.52. The summed E-state index contributed by atoms with van der Waals surface area (Å²) < 4.78 is 5.02. The Balaban J connectivity index is 1.92. The van der Waals surface area contributed by atoms with Crippen LogP contribution in [0.25, 0.3) is 0 Å². The maximum Gasteiger partial charge on any atom is 0.340 e. The number of ether oxygens (including phenoxy) is 1. The fourth-order valence-corrected chi connectivity index (χ4v) is 2.28. The number of esters is 1. The average molecular weight is 297 g/mol. The van der Waals surface area contributed by atoms with Crippen molar-refractivity contribution in [2.24, 2.45) is 0 Å². The van der Waals surface area contributed by atoms with E-state index in [0.29, 0.717) is 18.3 Å². The van der Waals surface area contributed by atoms with Crippen LogP contribution in [0.2, 0.25) is 5.02 Å². The average Bonchev–Trinajstić information content (AvgIpc) is 3.21. The standard InChI is InChI=1S/C14H17ClN2O3/c1-2-17(10-4-5-10)13(18)8-20-14(19)11-6-3-9(16)7-12(11)15/h3,6-7,10H,2,4-5,8,16H2,1H3. The molecule has 2 rings (SSSR count). The number of likely N-dealkylation sites (N-methyl/N-ethyl adjacent to an activating group) is 1. The number of benzene rings is 1. The molecule has 0 bridgehead atoms. The highest BCUT2D eigenvalue weighted by Gasteiger charge is 2.31. The molecule has 0 aliphatic heterocycles. The zero-order chi connectivity index (χ0) is 14.7. The minimum absolute atomic E-state index is 0.171. The Morgan fingerprint density at radius 1 is 1.45 bits per heavy atom. The zero-order valence-electron chi connectivity index (χ0n) is 11.3. The minimum Gasteiger partial charge on any atom is -0.452 e. The van der Waals surface area contributed by atoms with Crippen LogP contribution in [0.4, 0.5) is 5.69 Å². The van der Waals surface area contributed by atoms with Crippen molar-refractivity contribution in [2.75, 3.05) is 18.9 Å². The van der Waals surface area contributed by atoms with E-state index in [1.807, 2.05) is 6.92 Å². The SMILES string of the molecule is CCN(C(=O)COC(=O)c1ccc(N)cc1Cl)C1CC1. The molecule has 1 fully saturated rings. The predicted molar refractivity (Wildman–Crippen MR) is 76.6 cm³/mol. The monoisotopic (exact) mass is 296 g/mol. The van der Waals surface area contributed by atoms with Gasteiger partial charge in [-0.05, 0) is 38.0 Å². The number of rotatable bonds is 5. The van der Waals surface area contributed by atoms with Gasteiger partial charge in [0.05, 0.1) is 10.6 Å². The highest BCUT2D eigenvalue weighted by Crippen LogP contribution is 2.26. The molecule has 0 radical (unpaired) electrons. The Morgan fingerprint density at radius 3 is 2.70 bits per heavy atom. The number of nitrogen functional groups attached to an aromatic ring is 1. The molecule has 6 heteroatoms. The molecule has 108 valence electrons. The lowest BCUT2D eigenvalue weighted by Gasteiger charge is -2.20. The Hall–Kier alpha value is -1.75. The highest BCUT2D eigenvalue weighted by molar-refractivity contribution is 6.33. The lowest BCUT2D eigenvalue weighted by Crippen LogP contribution is -2.36. The quantitative estimate of drug-likeness (QED) is 0.667. The number of amides is 1. The van der Waals surface area contributed by atoms with E-state index in [4.69, 9.17) is 22.1 Å². The number of carbonyl (C=O) groups is 2. The summed E-state index contributed by atoms with van der Waals surface area (Å²) in [6.07, 6.45) is 2.05. The molecule has 0 saturated heterocycles. The van der Waals surface area contributed by atoms with Crippen LogP contribution in [-0.4, -0.2) is 36.0 Å². The molecule has 0 unspecified atom stereocenters. The van der Waals surface area contributed by atoms with E-state index in [1.165, 1.54) is 12.1 Å². The van der Waals surface area contributed by atoms with E-state index in [9.17, 15) is 9.59 Å². The summed E-state index contributed by atoms with van der Waals surface area (Å²) in [7, 11) is 0. The number of nitrogens with zero attached hydrogens (tertiary/aromatic N) is 1. The molecule has 2 N–H and O–H groups in total. The van der Waals surface area contributed by atoms with Gasteiger partial charge in [-0.15, -0.1) is 0 Å². The molecule has 1 aromatic rings. The lowest BCUT2D eigenvalue weighted by atomic mass is 10.2. The predicted octanol–water partition coefficient (Wildman–Crippen LogP) is 2.09. The molecule has 1 aromatic carbocycles. The zero-order valence-corrected chi connectivity index (χ0v) is 12.0. The van der Waals surface area contributed by atoms with Crippen LogP contribution in [0.15, 0.2) is 18.2 Å². The van der Waals surface area contributed by atoms with E-state index in [1.54, 1.807) is 11.0 Å². The van der Waals surface area contributed by atoms with Gasteiger partial charge in [-0.1, -0.05) is 11.6 Å². The van der Waals surface area contributed by atoms with Crippen LogP contribution >= 0.6 is 11.6 Å². The fourth-order valence-electron chi connectivity index (χ4n) is 2.01. The molecule has 1 amide bonds. The third-order valence-corrected chi connectivity index (χ3v) is 3.50. The highest BCUT2D eigenvalue weighted by atomic mass is 35.5. The number of carbonyl (C=O) groups excluding carboxylic acids is 2. The number of anilines is 1. The van der Waals surface area contributed by atoms with Gasteiger partial charge >= 0.3 is 5.97 Å². The summed E-state index contributed by atoms with van der Waals surface area (Å²) in [6.45, 7) is 2.28. The van der Waals surface area contributed by atoms with Crippen molar-refractivity contribution in [3.63, 3.8) is 0 Å². The first-order valence-corrected chi connectivity index (χ1v) is 6.92. The first kappa shape index (κ1) is 14.7. The smallest absolute Gasteiger partial charge is 0.340 e. The van der Waals surface area contributed by atoms with Gasteiger partial charge in [-0.2, -0.15) is 0 Å². The van der Waals surface area contributed by atoms with Crippen molar-refractivity contribution >= 4 is 29.2 Å². The van der Waals surface area contributed by atoms with E-state index in [0.717, 1.165) is 12.8 Å². The van der Waals surface area contributed by atoms with Gasteiger partial charge in [0, 0.05) is 18.3 Å². The number of hydrogen-bond donors (Lipinski definition) is 1. The molecule has 0 spiro atoms. The van der Waals surface area contributed by atoms with Crippen LogP contribution in [0, 0.1) is 0 Å². The molecule has 1 saturated carbocycles. The normalized spacial score (nSPS) is 13.9. The van der Waals surface area contributed by atoms with Crippen molar-refractivity contribution in [1.82, 2.24) is 4.90 Å². The van der Waals surface area contributed by atoms with Gasteiger partial charge in [0.25, 0.3) is 5.91 Å². The minimum atomic E-state index is -0.616.